The van der Waals surface area contributed by atoms with Gasteiger partial charge in [-0.1, -0.05) is 12.2 Å². The maximum Gasteiger partial charge on any atom is 0.344 e. The van der Waals surface area contributed by atoms with E-state index < -0.39 is 6.00 Å². The molecule has 0 heterocycles. The maximum atomic E-state index is 5.97. The van der Waals surface area contributed by atoms with Crippen molar-refractivity contribution in [2.75, 3.05) is 0 Å². The lowest BCUT2D eigenvalue weighted by molar-refractivity contribution is 0.689. The molecule has 0 aromatic heterocycles. The molecule has 0 nitrogen and oxygen atoms in total. The van der Waals surface area contributed by atoms with Gasteiger partial charge in [0.15, 0.2) is 0 Å². The molecular formula is C7H9Cl3Si. The zero-order valence-corrected chi connectivity index (χ0v) is 9.20. The predicted octanol–water partition coefficient (Wildman–Crippen LogP) is 3.61. The Morgan fingerprint density at radius 2 is 1.82 bits per heavy atom. The normalized spacial score (nSPS) is 41.9. The fourth-order valence-corrected chi connectivity index (χ4v) is 5.72. The van der Waals surface area contributed by atoms with Crippen LogP contribution in [0, 0.1) is 11.8 Å². The molecule has 2 bridgehead atoms. The van der Waals surface area contributed by atoms with E-state index in [2.05, 4.69) is 12.2 Å². The van der Waals surface area contributed by atoms with Crippen LogP contribution in [0.1, 0.15) is 12.8 Å². The van der Waals surface area contributed by atoms with Crippen LogP contribution < -0.4 is 0 Å². The van der Waals surface area contributed by atoms with Gasteiger partial charge in [0.1, 0.15) is 0 Å². The fourth-order valence-electron chi connectivity index (χ4n) is 2.16. The second-order valence-electron chi connectivity index (χ2n) is 3.43. The third-order valence-corrected chi connectivity index (χ3v) is 6.73. The van der Waals surface area contributed by atoms with Crippen molar-refractivity contribution in [1.29, 1.82) is 0 Å². The van der Waals surface area contributed by atoms with Gasteiger partial charge in [-0.3, -0.25) is 0 Å². The summed E-state index contributed by atoms with van der Waals surface area (Å²) in [7, 11) is 0. The maximum absolute atomic E-state index is 5.97. The van der Waals surface area contributed by atoms with Crippen molar-refractivity contribution < 1.29 is 0 Å². The quantitative estimate of drug-likeness (QED) is 0.365. The molecule has 0 aromatic rings. The summed E-state index contributed by atoms with van der Waals surface area (Å²) < 4.78 is 0. The number of allylic oxidation sites excluding steroid dienone is 2. The van der Waals surface area contributed by atoms with Gasteiger partial charge in [-0.2, -0.15) is 0 Å². The molecule has 0 aromatic carbocycles. The van der Waals surface area contributed by atoms with Crippen LogP contribution >= 0.6 is 33.2 Å². The van der Waals surface area contributed by atoms with Gasteiger partial charge in [0.2, 0.25) is 0 Å². The molecule has 2 aliphatic carbocycles. The standard InChI is InChI=1S/C7H9Cl3Si/c8-11(9,10)7-4-5-1-2-6(7)3-5/h1-2,5-7H,3-4H2/t5-,6+,7?/m1/s1. The highest BCUT2D eigenvalue weighted by atomic mass is 35.8. The summed E-state index contributed by atoms with van der Waals surface area (Å²) in [4.78, 5) is 0. The number of rotatable bonds is 1. The minimum atomic E-state index is -2.41. The Morgan fingerprint density at radius 1 is 1.09 bits per heavy atom. The summed E-state index contributed by atoms with van der Waals surface area (Å²) in [6.45, 7) is 0. The first-order chi connectivity index (χ1) is 5.07. The van der Waals surface area contributed by atoms with Crippen molar-refractivity contribution in [2.24, 2.45) is 11.8 Å². The highest BCUT2D eigenvalue weighted by Gasteiger charge is 2.48. The van der Waals surface area contributed by atoms with Crippen LogP contribution in [0.4, 0.5) is 0 Å². The lowest BCUT2D eigenvalue weighted by Gasteiger charge is -2.22. The molecule has 0 aliphatic heterocycles. The number of fused-ring (bicyclic) bond motifs is 2. The van der Waals surface area contributed by atoms with Gasteiger partial charge in [-0.15, -0.1) is 33.2 Å². The third kappa shape index (κ3) is 1.49. The van der Waals surface area contributed by atoms with E-state index in [1.54, 1.807) is 0 Å². The van der Waals surface area contributed by atoms with E-state index in [1.807, 2.05) is 0 Å². The SMILES string of the molecule is Cl[Si](Cl)(Cl)C1C[C@@H]2C=C[C@H]1C2. The Bertz CT molecular complexity index is 196. The Labute approximate surface area is 81.6 Å². The molecule has 2 aliphatic rings. The van der Waals surface area contributed by atoms with E-state index in [4.69, 9.17) is 33.2 Å². The largest absolute Gasteiger partial charge is 0.344 e. The average Bonchev–Trinajstić information content (AvgIpc) is 2.42. The van der Waals surface area contributed by atoms with Gasteiger partial charge in [-0.05, 0) is 24.7 Å². The van der Waals surface area contributed by atoms with Crippen molar-refractivity contribution in [3.63, 3.8) is 0 Å². The fraction of sp³-hybridized carbons (Fsp3) is 0.714. The molecule has 0 saturated heterocycles. The minimum Gasteiger partial charge on any atom is -0.126 e. The Morgan fingerprint density at radius 3 is 2.09 bits per heavy atom. The lowest BCUT2D eigenvalue weighted by atomic mass is 10.1. The average molecular weight is 228 g/mol. The molecule has 0 N–H and O–H groups in total. The minimum absolute atomic E-state index is 0.391. The molecule has 3 atom stereocenters. The van der Waals surface area contributed by atoms with Crippen LogP contribution in [0.5, 0.6) is 0 Å². The van der Waals surface area contributed by atoms with Crippen LogP contribution in [0.25, 0.3) is 0 Å². The summed E-state index contributed by atoms with van der Waals surface area (Å²) in [5.74, 6) is 1.30. The smallest absolute Gasteiger partial charge is 0.126 e. The highest BCUT2D eigenvalue weighted by molar-refractivity contribution is 7.65. The van der Waals surface area contributed by atoms with Crippen LogP contribution in [0.15, 0.2) is 12.2 Å². The molecule has 1 unspecified atom stereocenters. The topological polar surface area (TPSA) is 0 Å². The Kier molecular flexibility index (Phi) is 2.04. The van der Waals surface area contributed by atoms with Crippen molar-refractivity contribution in [2.45, 2.75) is 18.4 Å². The molecule has 0 amide bonds. The summed E-state index contributed by atoms with van der Waals surface area (Å²) in [5.41, 5.74) is 0.391. The van der Waals surface area contributed by atoms with E-state index in [0.717, 1.165) is 6.42 Å². The number of hydrogen-bond donors (Lipinski definition) is 0. The van der Waals surface area contributed by atoms with Gasteiger partial charge < -0.3 is 0 Å². The number of hydrogen-bond acceptors (Lipinski definition) is 0. The molecule has 2 rings (SSSR count). The summed E-state index contributed by atoms with van der Waals surface area (Å²) in [6.07, 6.45) is 6.84. The zero-order chi connectivity index (χ0) is 8.06. The second kappa shape index (κ2) is 2.66. The van der Waals surface area contributed by atoms with Crippen molar-refractivity contribution in [1.82, 2.24) is 0 Å². The summed E-state index contributed by atoms with van der Waals surface area (Å²) in [6, 6.07) is -2.41. The molecule has 11 heavy (non-hydrogen) atoms. The Balaban J connectivity index is 2.15. The van der Waals surface area contributed by atoms with Gasteiger partial charge in [-0.25, -0.2) is 0 Å². The van der Waals surface area contributed by atoms with E-state index in [9.17, 15) is 0 Å². The van der Waals surface area contributed by atoms with Gasteiger partial charge >= 0.3 is 6.00 Å². The van der Waals surface area contributed by atoms with E-state index in [1.165, 1.54) is 6.42 Å². The van der Waals surface area contributed by atoms with Crippen molar-refractivity contribution in [3.8, 4) is 0 Å². The Hall–Kier alpha value is 0.827. The molecule has 0 radical (unpaired) electrons. The molecule has 1 fully saturated rings. The van der Waals surface area contributed by atoms with Crippen LogP contribution in [-0.2, 0) is 0 Å². The second-order valence-corrected chi connectivity index (χ2v) is 12.4. The van der Waals surface area contributed by atoms with Crippen LogP contribution in [0.2, 0.25) is 5.54 Å². The first-order valence-corrected chi connectivity index (χ1v) is 8.93. The monoisotopic (exact) mass is 226 g/mol. The van der Waals surface area contributed by atoms with Gasteiger partial charge in [0.05, 0.1) is 0 Å². The molecule has 0 spiro atoms. The summed E-state index contributed by atoms with van der Waals surface area (Å²) >= 11 is 17.9. The van der Waals surface area contributed by atoms with Crippen molar-refractivity contribution in [3.05, 3.63) is 12.2 Å². The molecular weight excluding hydrogens is 219 g/mol. The third-order valence-electron chi connectivity index (χ3n) is 2.70. The van der Waals surface area contributed by atoms with Gasteiger partial charge in [0.25, 0.3) is 0 Å². The lowest BCUT2D eigenvalue weighted by Crippen LogP contribution is -2.23. The van der Waals surface area contributed by atoms with E-state index >= 15 is 0 Å². The molecule has 1 saturated carbocycles. The first-order valence-electron chi connectivity index (χ1n) is 3.82. The van der Waals surface area contributed by atoms with Crippen LogP contribution in [-0.4, -0.2) is 6.00 Å². The zero-order valence-electron chi connectivity index (χ0n) is 5.93. The molecule has 4 heteroatoms. The van der Waals surface area contributed by atoms with Gasteiger partial charge in [0, 0.05) is 5.54 Å². The molecule has 62 valence electrons. The van der Waals surface area contributed by atoms with Crippen LogP contribution in [0.3, 0.4) is 0 Å². The predicted molar refractivity (Wildman–Crippen MR) is 52.4 cm³/mol. The van der Waals surface area contributed by atoms with E-state index in [0.29, 0.717) is 17.4 Å². The van der Waals surface area contributed by atoms with Crippen molar-refractivity contribution >= 4 is 39.2 Å². The highest BCUT2D eigenvalue weighted by Crippen LogP contribution is 2.55. The number of halogens is 3. The first kappa shape index (κ1) is 8.43. The van der Waals surface area contributed by atoms with E-state index in [-0.39, 0.29) is 0 Å². The summed E-state index contributed by atoms with van der Waals surface area (Å²) in [5, 5.41) is 0.